The van der Waals surface area contributed by atoms with Crippen LogP contribution in [0.25, 0.3) is 0 Å². The van der Waals surface area contributed by atoms with Crippen molar-refractivity contribution in [1.29, 1.82) is 0 Å². The summed E-state index contributed by atoms with van der Waals surface area (Å²) in [7, 11) is 0. The Morgan fingerprint density at radius 3 is 2.52 bits per heavy atom. The van der Waals surface area contributed by atoms with Crippen molar-refractivity contribution in [3.05, 3.63) is 0 Å². The van der Waals surface area contributed by atoms with Crippen LogP contribution in [-0.2, 0) is 19.1 Å². The largest absolute Gasteiger partial charge is 0.349 e. The van der Waals surface area contributed by atoms with Crippen LogP contribution in [0.5, 0.6) is 0 Å². The number of Topliss-reactive ketones (excluding diaryl/α,β-unsaturated/α-hetero) is 2. The molecule has 2 heterocycles. The van der Waals surface area contributed by atoms with Crippen molar-refractivity contribution in [2.24, 2.45) is 52.3 Å². The van der Waals surface area contributed by atoms with Crippen LogP contribution >= 0.6 is 0 Å². The smallest absolute Gasteiger partial charge is 0.171 e. The Morgan fingerprint density at radius 2 is 1.77 bits per heavy atom. The van der Waals surface area contributed by atoms with Crippen molar-refractivity contribution in [3.8, 4) is 0 Å². The third-order valence-corrected chi connectivity index (χ3v) is 11.6. The first-order valence-electron chi connectivity index (χ1n) is 13.1. The molecule has 31 heavy (non-hydrogen) atoms. The van der Waals surface area contributed by atoms with Gasteiger partial charge in [-0.25, -0.2) is 0 Å². The van der Waals surface area contributed by atoms with E-state index >= 15 is 0 Å². The number of carbonyl (C=O) groups excluding carboxylic acids is 2. The Hall–Kier alpha value is -0.740. The lowest BCUT2D eigenvalue weighted by Crippen LogP contribution is -2.58. The summed E-state index contributed by atoms with van der Waals surface area (Å²) in [5.74, 6) is 3.63. The molecule has 0 amide bonds. The lowest BCUT2D eigenvalue weighted by molar-refractivity contribution is -0.272. The summed E-state index contributed by atoms with van der Waals surface area (Å²) in [6, 6.07) is 0. The van der Waals surface area contributed by atoms with Crippen LogP contribution in [0, 0.1) is 52.3 Å². The van der Waals surface area contributed by atoms with Gasteiger partial charge in [-0.2, -0.15) is 0 Å². The molecule has 0 bridgehead atoms. The van der Waals surface area contributed by atoms with Gasteiger partial charge in [0.2, 0.25) is 0 Å². The second kappa shape index (κ2) is 6.65. The highest BCUT2D eigenvalue weighted by atomic mass is 16.7. The first-order valence-corrected chi connectivity index (χ1v) is 13.1. The molecule has 0 aromatic heterocycles. The number of hydrogen-bond acceptors (Lipinski definition) is 4. The van der Waals surface area contributed by atoms with E-state index in [1.54, 1.807) is 0 Å². The molecule has 4 saturated carbocycles. The SMILES string of the molecule is C[C@H]1CC[C@@]2(OC1)O[C@H]1C[C@H]3[C@@H]4CC[C@H]5CC(=O)CC[C@]5(C)[C@H]4CC(=O)[C@]3(C)[C@H]1[C@@H]2C. The second-order valence-electron chi connectivity index (χ2n) is 12.8. The average Bonchev–Trinajstić information content (AvgIpc) is 3.18. The summed E-state index contributed by atoms with van der Waals surface area (Å²) in [6.45, 7) is 10.0. The van der Waals surface area contributed by atoms with E-state index in [0.29, 0.717) is 41.2 Å². The summed E-state index contributed by atoms with van der Waals surface area (Å²) in [6.07, 6.45) is 8.86. The van der Waals surface area contributed by atoms with Gasteiger partial charge < -0.3 is 9.47 Å². The highest BCUT2D eigenvalue weighted by molar-refractivity contribution is 5.87. The highest BCUT2D eigenvalue weighted by Crippen LogP contribution is 2.70. The van der Waals surface area contributed by atoms with Gasteiger partial charge >= 0.3 is 0 Å². The molecule has 4 heteroatoms. The molecule has 0 unspecified atom stereocenters. The first-order chi connectivity index (χ1) is 14.7. The highest BCUT2D eigenvalue weighted by Gasteiger charge is 2.71. The number of rotatable bonds is 0. The number of carbonyl (C=O) groups is 2. The number of fused-ring (bicyclic) bond motifs is 7. The van der Waals surface area contributed by atoms with Crippen molar-refractivity contribution >= 4 is 11.6 Å². The third-order valence-electron chi connectivity index (χ3n) is 11.6. The molecule has 4 nitrogen and oxygen atoms in total. The molecule has 172 valence electrons. The van der Waals surface area contributed by atoms with Gasteiger partial charge in [0.05, 0.1) is 12.7 Å². The zero-order valence-electron chi connectivity index (χ0n) is 19.8. The fraction of sp³-hybridized carbons (Fsp3) is 0.926. The van der Waals surface area contributed by atoms with Crippen LogP contribution in [0.4, 0.5) is 0 Å². The maximum atomic E-state index is 14.0. The summed E-state index contributed by atoms with van der Waals surface area (Å²) < 4.78 is 13.2. The summed E-state index contributed by atoms with van der Waals surface area (Å²) in [5.41, 5.74) is -0.101. The molecular formula is C27H40O4. The Morgan fingerprint density at radius 1 is 0.968 bits per heavy atom. The molecule has 0 N–H and O–H groups in total. The Kier molecular flexibility index (Phi) is 4.47. The van der Waals surface area contributed by atoms with Crippen LogP contribution in [0.15, 0.2) is 0 Å². The summed E-state index contributed by atoms with van der Waals surface area (Å²) in [4.78, 5) is 26.1. The van der Waals surface area contributed by atoms with Gasteiger partial charge in [-0.3, -0.25) is 9.59 Å². The van der Waals surface area contributed by atoms with E-state index in [2.05, 4.69) is 27.7 Å². The molecule has 6 aliphatic rings. The van der Waals surface area contributed by atoms with Crippen molar-refractivity contribution < 1.29 is 19.1 Å². The van der Waals surface area contributed by atoms with Gasteiger partial charge in [-0.05, 0) is 67.1 Å². The molecular weight excluding hydrogens is 388 g/mol. The predicted molar refractivity (Wildman–Crippen MR) is 117 cm³/mol. The van der Waals surface area contributed by atoms with E-state index in [-0.39, 0.29) is 28.8 Å². The van der Waals surface area contributed by atoms with Gasteiger partial charge in [0, 0.05) is 42.9 Å². The Bertz CT molecular complexity index is 797. The van der Waals surface area contributed by atoms with Crippen LogP contribution in [0.3, 0.4) is 0 Å². The average molecular weight is 429 g/mol. The van der Waals surface area contributed by atoms with Crippen molar-refractivity contribution in [2.75, 3.05) is 6.61 Å². The molecule has 1 spiro atoms. The van der Waals surface area contributed by atoms with Crippen LogP contribution in [-0.4, -0.2) is 30.1 Å². The minimum Gasteiger partial charge on any atom is -0.349 e. The maximum absolute atomic E-state index is 14.0. The molecule has 2 saturated heterocycles. The maximum Gasteiger partial charge on any atom is 0.171 e. The zero-order chi connectivity index (χ0) is 21.8. The number of hydrogen-bond donors (Lipinski definition) is 0. The topological polar surface area (TPSA) is 52.6 Å². The van der Waals surface area contributed by atoms with Gasteiger partial charge in [0.25, 0.3) is 0 Å². The van der Waals surface area contributed by atoms with Crippen molar-refractivity contribution in [2.45, 2.75) is 97.4 Å². The molecule has 6 rings (SSSR count). The van der Waals surface area contributed by atoms with Crippen LogP contribution < -0.4 is 0 Å². The minimum absolute atomic E-state index is 0.166. The van der Waals surface area contributed by atoms with Crippen molar-refractivity contribution in [1.82, 2.24) is 0 Å². The van der Waals surface area contributed by atoms with Gasteiger partial charge in [-0.15, -0.1) is 0 Å². The van der Waals surface area contributed by atoms with Gasteiger partial charge in [-0.1, -0.05) is 27.7 Å². The quantitative estimate of drug-likeness (QED) is 0.533. The van der Waals surface area contributed by atoms with Crippen LogP contribution in [0.1, 0.15) is 85.5 Å². The molecule has 2 aliphatic heterocycles. The fourth-order valence-corrected chi connectivity index (χ4v) is 9.74. The second-order valence-corrected chi connectivity index (χ2v) is 12.8. The molecule has 6 fully saturated rings. The van der Waals surface area contributed by atoms with E-state index in [1.807, 2.05) is 0 Å². The molecule has 0 radical (unpaired) electrons. The van der Waals surface area contributed by atoms with E-state index in [1.165, 1.54) is 12.8 Å². The minimum atomic E-state index is -0.458. The summed E-state index contributed by atoms with van der Waals surface area (Å²) >= 11 is 0. The third kappa shape index (κ3) is 2.61. The van der Waals surface area contributed by atoms with E-state index in [0.717, 1.165) is 51.6 Å². The van der Waals surface area contributed by atoms with Gasteiger partial charge in [0.15, 0.2) is 5.79 Å². The Labute approximate surface area is 187 Å². The Balaban J connectivity index is 1.31. The predicted octanol–water partition coefficient (Wildman–Crippen LogP) is 5.18. The molecule has 0 aromatic rings. The van der Waals surface area contributed by atoms with E-state index in [4.69, 9.17) is 9.47 Å². The van der Waals surface area contributed by atoms with Crippen LogP contribution in [0.2, 0.25) is 0 Å². The van der Waals surface area contributed by atoms with Gasteiger partial charge in [0.1, 0.15) is 11.6 Å². The monoisotopic (exact) mass is 428 g/mol. The first kappa shape index (κ1) is 20.8. The summed E-state index contributed by atoms with van der Waals surface area (Å²) in [5, 5.41) is 0. The van der Waals surface area contributed by atoms with E-state index < -0.39 is 5.79 Å². The lowest BCUT2D eigenvalue weighted by Gasteiger charge is -2.59. The zero-order valence-corrected chi connectivity index (χ0v) is 19.8. The van der Waals surface area contributed by atoms with Crippen molar-refractivity contribution in [3.63, 3.8) is 0 Å². The number of ketones is 2. The molecule has 11 atom stereocenters. The molecule has 0 aromatic carbocycles. The normalized spacial score (nSPS) is 58.6. The fourth-order valence-electron chi connectivity index (χ4n) is 9.74. The van der Waals surface area contributed by atoms with E-state index in [9.17, 15) is 9.59 Å². The molecule has 4 aliphatic carbocycles. The standard InChI is InChI=1S/C27H40O4/c1-15-7-10-27(30-14-15)16(2)24-22(31-27)12-21-19-6-5-17-11-18(28)8-9-25(17,3)20(19)13-23(29)26(21,24)4/h15-17,19-22,24H,5-14H2,1-4H3/t15-,16-,17-,19+,20-,21-,22-,24-,25-,26+,27+/m0/s1. The lowest BCUT2D eigenvalue weighted by atomic mass is 9.44. The number of ether oxygens (including phenoxy) is 2.